The lowest BCUT2D eigenvalue weighted by atomic mass is 10.1. The number of carboxylic acids is 2. The topological polar surface area (TPSA) is 125 Å². The SMILES string of the molecule is COC(=O)C1CCCNN1.O=C(O)C(F)(F)F.O=C(O)C(F)(F)F. The van der Waals surface area contributed by atoms with E-state index in [0.717, 1.165) is 19.4 Å². The van der Waals surface area contributed by atoms with Crippen LogP contribution in [0.2, 0.25) is 0 Å². The fourth-order valence-corrected chi connectivity index (χ4v) is 0.981. The molecule has 24 heavy (non-hydrogen) atoms. The van der Waals surface area contributed by atoms with Crippen LogP contribution in [0.4, 0.5) is 26.3 Å². The number of hydrogen-bond acceptors (Lipinski definition) is 6. The highest BCUT2D eigenvalue weighted by atomic mass is 19.4. The Balaban J connectivity index is 0. The molecule has 0 aromatic rings. The number of carbonyl (C=O) groups is 3. The van der Waals surface area contributed by atoms with Crippen molar-refractivity contribution >= 4 is 17.9 Å². The molecule has 0 saturated carbocycles. The van der Waals surface area contributed by atoms with Crippen LogP contribution < -0.4 is 10.9 Å². The monoisotopic (exact) mass is 372 g/mol. The molecule has 8 nitrogen and oxygen atoms in total. The summed E-state index contributed by atoms with van der Waals surface area (Å²) in [6.07, 6.45) is -8.29. The largest absolute Gasteiger partial charge is 0.490 e. The minimum absolute atomic E-state index is 0.154. The van der Waals surface area contributed by atoms with Crippen molar-refractivity contribution in [1.82, 2.24) is 10.9 Å². The van der Waals surface area contributed by atoms with Gasteiger partial charge in [0, 0.05) is 6.54 Å². The Kier molecular flexibility index (Phi) is 10.7. The Hall–Kier alpha value is -2.09. The van der Waals surface area contributed by atoms with Gasteiger partial charge in [-0.05, 0) is 12.8 Å². The van der Waals surface area contributed by atoms with Gasteiger partial charge >= 0.3 is 30.3 Å². The first kappa shape index (κ1) is 24.2. The fraction of sp³-hybridized carbons (Fsp3) is 0.700. The van der Waals surface area contributed by atoms with E-state index < -0.39 is 24.3 Å². The van der Waals surface area contributed by atoms with Crippen LogP contribution >= 0.6 is 0 Å². The molecule has 0 aliphatic carbocycles. The number of rotatable bonds is 1. The zero-order valence-electron chi connectivity index (χ0n) is 12.0. The minimum Gasteiger partial charge on any atom is -0.475 e. The lowest BCUT2D eigenvalue weighted by Gasteiger charge is -2.21. The molecule has 1 aliphatic heterocycles. The van der Waals surface area contributed by atoms with Crippen LogP contribution in [0.25, 0.3) is 0 Å². The molecule has 1 unspecified atom stereocenters. The number of hydrazine groups is 1. The second-order valence-corrected chi connectivity index (χ2v) is 3.89. The standard InChI is InChI=1S/C6H12N2O2.2C2HF3O2/c1-10-6(9)5-3-2-4-7-8-5;2*3-2(4,5)1(6)7/h5,7-8H,2-4H2,1H3;2*(H,6,7). The lowest BCUT2D eigenvalue weighted by molar-refractivity contribution is -0.193. The third-order valence-corrected chi connectivity index (χ3v) is 2.04. The third kappa shape index (κ3) is 12.5. The Labute approximate surface area is 130 Å². The summed E-state index contributed by atoms with van der Waals surface area (Å²) in [6, 6.07) is -0.154. The van der Waals surface area contributed by atoms with Crippen molar-refractivity contribution in [1.29, 1.82) is 0 Å². The third-order valence-electron chi connectivity index (χ3n) is 2.04. The molecular weight excluding hydrogens is 358 g/mol. The number of carboxylic acid groups (broad SMARTS) is 2. The van der Waals surface area contributed by atoms with Crippen molar-refractivity contribution in [3.05, 3.63) is 0 Å². The van der Waals surface area contributed by atoms with Gasteiger partial charge in [0.1, 0.15) is 6.04 Å². The van der Waals surface area contributed by atoms with Crippen molar-refractivity contribution in [2.75, 3.05) is 13.7 Å². The number of ether oxygens (including phenoxy) is 1. The molecule has 0 bridgehead atoms. The van der Waals surface area contributed by atoms with Crippen molar-refractivity contribution in [3.8, 4) is 0 Å². The van der Waals surface area contributed by atoms with Gasteiger partial charge in [-0.25, -0.2) is 15.0 Å². The number of halogens is 6. The number of hydrogen-bond donors (Lipinski definition) is 4. The van der Waals surface area contributed by atoms with E-state index in [4.69, 9.17) is 19.8 Å². The molecule has 0 aromatic heterocycles. The molecule has 0 amide bonds. The number of carbonyl (C=O) groups excluding carboxylic acids is 1. The fourth-order valence-electron chi connectivity index (χ4n) is 0.981. The Morgan fingerprint density at radius 2 is 1.38 bits per heavy atom. The molecule has 4 N–H and O–H groups in total. The van der Waals surface area contributed by atoms with Gasteiger partial charge in [0.25, 0.3) is 0 Å². The summed E-state index contributed by atoms with van der Waals surface area (Å²) in [5, 5.41) is 14.2. The smallest absolute Gasteiger partial charge is 0.475 e. The summed E-state index contributed by atoms with van der Waals surface area (Å²) in [5.74, 6) is -5.70. The highest BCUT2D eigenvalue weighted by Crippen LogP contribution is 2.13. The molecule has 1 heterocycles. The van der Waals surface area contributed by atoms with Gasteiger partial charge in [-0.15, -0.1) is 0 Å². The van der Waals surface area contributed by atoms with Crippen LogP contribution in [-0.2, 0) is 19.1 Å². The molecule has 0 aromatic carbocycles. The Morgan fingerprint density at radius 3 is 1.58 bits per heavy atom. The molecule has 0 spiro atoms. The van der Waals surface area contributed by atoms with Crippen molar-refractivity contribution in [3.63, 3.8) is 0 Å². The highest BCUT2D eigenvalue weighted by molar-refractivity contribution is 5.75. The molecule has 1 rings (SSSR count). The van der Waals surface area contributed by atoms with Gasteiger partial charge in [0.05, 0.1) is 7.11 Å². The van der Waals surface area contributed by atoms with Gasteiger partial charge in [-0.1, -0.05) is 0 Å². The maximum Gasteiger partial charge on any atom is 0.490 e. The molecule has 1 fully saturated rings. The normalized spacial score (nSPS) is 17.4. The zero-order chi connectivity index (χ0) is 19.6. The first-order chi connectivity index (χ1) is 10.7. The van der Waals surface area contributed by atoms with Crippen molar-refractivity contribution in [2.45, 2.75) is 31.2 Å². The first-order valence-electron chi connectivity index (χ1n) is 5.90. The van der Waals surface area contributed by atoms with Crippen LogP contribution in [0.3, 0.4) is 0 Å². The minimum atomic E-state index is -5.08. The lowest BCUT2D eigenvalue weighted by Crippen LogP contribution is -2.50. The highest BCUT2D eigenvalue weighted by Gasteiger charge is 2.38. The number of esters is 1. The molecule has 0 radical (unpaired) electrons. The molecule has 1 atom stereocenters. The van der Waals surface area contributed by atoms with Gasteiger partial charge < -0.3 is 14.9 Å². The predicted octanol–water partition coefficient (Wildman–Crippen LogP) is 0.683. The average Bonchev–Trinajstić information content (AvgIpc) is 2.46. The second kappa shape index (κ2) is 10.6. The maximum atomic E-state index is 10.8. The summed E-state index contributed by atoms with van der Waals surface area (Å²) in [4.78, 5) is 28.6. The van der Waals surface area contributed by atoms with E-state index in [1.165, 1.54) is 7.11 Å². The van der Waals surface area contributed by atoms with Gasteiger partial charge in [0.2, 0.25) is 0 Å². The van der Waals surface area contributed by atoms with Crippen molar-refractivity contribution in [2.24, 2.45) is 0 Å². The summed E-state index contributed by atoms with van der Waals surface area (Å²) < 4.78 is 68.0. The number of alkyl halides is 6. The van der Waals surface area contributed by atoms with E-state index in [1.807, 2.05) is 0 Å². The average molecular weight is 372 g/mol. The number of nitrogens with one attached hydrogen (secondary N) is 2. The Bertz CT molecular complexity index is 395. The number of aliphatic carboxylic acids is 2. The van der Waals surface area contributed by atoms with E-state index in [0.29, 0.717) is 0 Å². The summed E-state index contributed by atoms with van der Waals surface area (Å²) in [7, 11) is 1.40. The van der Waals surface area contributed by atoms with E-state index in [2.05, 4.69) is 15.6 Å². The van der Waals surface area contributed by atoms with E-state index >= 15 is 0 Å². The van der Waals surface area contributed by atoms with Gasteiger partial charge in [0.15, 0.2) is 0 Å². The molecule has 142 valence electrons. The first-order valence-corrected chi connectivity index (χ1v) is 5.90. The Morgan fingerprint density at radius 1 is 1.00 bits per heavy atom. The molecule has 1 saturated heterocycles. The molecule has 14 heteroatoms. The summed E-state index contributed by atoms with van der Waals surface area (Å²) >= 11 is 0. The predicted molar refractivity (Wildman–Crippen MR) is 63.6 cm³/mol. The summed E-state index contributed by atoms with van der Waals surface area (Å²) in [6.45, 7) is 0.924. The number of methoxy groups -OCH3 is 1. The van der Waals surface area contributed by atoms with Crippen LogP contribution in [0.15, 0.2) is 0 Å². The van der Waals surface area contributed by atoms with Crippen LogP contribution in [0.1, 0.15) is 12.8 Å². The van der Waals surface area contributed by atoms with Crippen LogP contribution in [0, 0.1) is 0 Å². The zero-order valence-corrected chi connectivity index (χ0v) is 12.0. The van der Waals surface area contributed by atoms with E-state index in [1.54, 1.807) is 0 Å². The quantitative estimate of drug-likeness (QED) is 0.391. The second-order valence-electron chi connectivity index (χ2n) is 3.89. The van der Waals surface area contributed by atoms with Gasteiger partial charge in [-0.2, -0.15) is 26.3 Å². The molecular formula is C10H14F6N2O6. The van der Waals surface area contributed by atoms with E-state index in [9.17, 15) is 31.1 Å². The van der Waals surface area contributed by atoms with Crippen LogP contribution in [-0.4, -0.2) is 60.2 Å². The maximum absolute atomic E-state index is 10.8. The summed E-state index contributed by atoms with van der Waals surface area (Å²) in [5.41, 5.74) is 5.74. The van der Waals surface area contributed by atoms with Crippen LogP contribution in [0.5, 0.6) is 0 Å². The van der Waals surface area contributed by atoms with Crippen molar-refractivity contribution < 1.29 is 55.7 Å². The van der Waals surface area contributed by atoms with E-state index in [-0.39, 0.29) is 12.0 Å². The molecule has 1 aliphatic rings. The van der Waals surface area contributed by atoms with Gasteiger partial charge in [-0.3, -0.25) is 10.2 Å².